The third-order valence-electron chi connectivity index (χ3n) is 3.06. The highest BCUT2D eigenvalue weighted by atomic mass is 32.2. The minimum absolute atomic E-state index is 0.532. The Morgan fingerprint density at radius 2 is 2.06 bits per heavy atom. The highest BCUT2D eigenvalue weighted by molar-refractivity contribution is 7.98. The summed E-state index contributed by atoms with van der Waals surface area (Å²) in [6, 6.07) is 0. The first-order valence-electron chi connectivity index (χ1n) is 6.34. The van der Waals surface area contributed by atoms with Gasteiger partial charge in [0.2, 0.25) is 0 Å². The number of nitrogens with zero attached hydrogens (tertiary/aromatic N) is 2. The first-order valence-corrected chi connectivity index (χ1v) is 7.73. The van der Waals surface area contributed by atoms with Gasteiger partial charge in [0, 0.05) is 18.0 Å². The number of anilines is 2. The van der Waals surface area contributed by atoms with E-state index in [1.54, 1.807) is 0 Å². The van der Waals surface area contributed by atoms with Crippen LogP contribution in [0.3, 0.4) is 0 Å². The molecule has 1 heterocycles. The van der Waals surface area contributed by atoms with Crippen LogP contribution in [-0.4, -0.2) is 28.5 Å². The van der Waals surface area contributed by atoms with Crippen molar-refractivity contribution in [3.8, 4) is 0 Å². The summed E-state index contributed by atoms with van der Waals surface area (Å²) in [6.07, 6.45) is 5.64. The van der Waals surface area contributed by atoms with Gasteiger partial charge in [-0.1, -0.05) is 0 Å². The second-order valence-electron chi connectivity index (χ2n) is 4.60. The van der Waals surface area contributed by atoms with Crippen molar-refractivity contribution in [2.75, 3.05) is 29.3 Å². The van der Waals surface area contributed by atoms with E-state index >= 15 is 0 Å². The Bertz CT molecular complexity index is 406. The van der Waals surface area contributed by atoms with E-state index < -0.39 is 0 Å². The summed E-state index contributed by atoms with van der Waals surface area (Å²) in [4.78, 5) is 9.08. The molecular formula is C12H21N5S. The third kappa shape index (κ3) is 3.26. The van der Waals surface area contributed by atoms with Gasteiger partial charge in [0.25, 0.3) is 0 Å². The van der Waals surface area contributed by atoms with E-state index in [0.717, 1.165) is 41.7 Å². The Hall–Kier alpha value is -1.01. The molecule has 100 valence electrons. The van der Waals surface area contributed by atoms with E-state index in [2.05, 4.69) is 27.0 Å². The van der Waals surface area contributed by atoms with Gasteiger partial charge in [-0.25, -0.2) is 15.8 Å². The maximum Gasteiger partial charge on any atom is 0.148 e. The molecule has 18 heavy (non-hydrogen) atoms. The van der Waals surface area contributed by atoms with Crippen LogP contribution in [0.5, 0.6) is 0 Å². The summed E-state index contributed by atoms with van der Waals surface area (Å²) >= 11 is 1.86. The van der Waals surface area contributed by atoms with Crippen molar-refractivity contribution in [3.63, 3.8) is 0 Å². The number of nitrogen functional groups attached to an aromatic ring is 1. The Kier molecular flexibility index (Phi) is 4.66. The molecule has 2 rings (SSSR count). The average molecular weight is 267 g/mol. The smallest absolute Gasteiger partial charge is 0.148 e. The molecule has 0 unspecified atom stereocenters. The lowest BCUT2D eigenvalue weighted by Crippen LogP contribution is -2.15. The molecule has 0 aromatic carbocycles. The molecule has 1 fully saturated rings. The van der Waals surface area contributed by atoms with Crippen LogP contribution >= 0.6 is 11.8 Å². The van der Waals surface area contributed by atoms with Crippen molar-refractivity contribution >= 4 is 23.4 Å². The predicted octanol–water partition coefficient (Wildman–Crippen LogP) is 2.11. The summed E-state index contributed by atoms with van der Waals surface area (Å²) in [6.45, 7) is 2.93. The number of aromatic nitrogens is 2. The van der Waals surface area contributed by atoms with Crippen LogP contribution in [0.4, 0.5) is 11.6 Å². The number of rotatable bonds is 7. The maximum atomic E-state index is 5.51. The predicted molar refractivity (Wildman–Crippen MR) is 78.0 cm³/mol. The van der Waals surface area contributed by atoms with Crippen molar-refractivity contribution < 1.29 is 0 Å². The molecule has 0 atom stereocenters. The number of nitrogens with two attached hydrogens (primary N) is 1. The highest BCUT2D eigenvalue weighted by Crippen LogP contribution is 2.39. The van der Waals surface area contributed by atoms with Crippen LogP contribution in [0.1, 0.15) is 36.6 Å². The molecule has 6 heteroatoms. The number of thioether (sulfide) groups is 1. The zero-order chi connectivity index (χ0) is 13.0. The fourth-order valence-electron chi connectivity index (χ4n) is 1.79. The van der Waals surface area contributed by atoms with Crippen LogP contribution in [0.15, 0.2) is 0 Å². The van der Waals surface area contributed by atoms with Crippen molar-refractivity contribution in [2.24, 2.45) is 5.84 Å². The summed E-state index contributed by atoms with van der Waals surface area (Å²) < 4.78 is 0. The average Bonchev–Trinajstić information content (AvgIpc) is 3.20. The molecule has 0 radical (unpaired) electrons. The molecule has 1 aromatic heterocycles. The van der Waals surface area contributed by atoms with Crippen LogP contribution in [-0.2, 0) is 0 Å². The Morgan fingerprint density at radius 3 is 2.67 bits per heavy atom. The van der Waals surface area contributed by atoms with E-state index in [1.165, 1.54) is 12.8 Å². The van der Waals surface area contributed by atoms with Gasteiger partial charge in [0.05, 0.1) is 0 Å². The molecule has 0 amide bonds. The molecule has 0 bridgehead atoms. The SMILES string of the molecule is CSCCCNc1nc(C2CC2)nc(NN)c1C. The highest BCUT2D eigenvalue weighted by Gasteiger charge is 2.28. The van der Waals surface area contributed by atoms with E-state index in [1.807, 2.05) is 18.7 Å². The van der Waals surface area contributed by atoms with E-state index in [-0.39, 0.29) is 0 Å². The van der Waals surface area contributed by atoms with Gasteiger partial charge in [-0.2, -0.15) is 11.8 Å². The monoisotopic (exact) mass is 267 g/mol. The van der Waals surface area contributed by atoms with Gasteiger partial charge in [-0.05, 0) is 38.2 Å². The van der Waals surface area contributed by atoms with Crippen LogP contribution in [0.2, 0.25) is 0 Å². The standard InChI is InChI=1S/C12H21N5S/c1-8-10(14-6-3-7-18-2)15-12(9-4-5-9)16-11(8)17-13/h9H,3-7,13H2,1-2H3,(H2,14,15,16,17). The molecule has 1 saturated carbocycles. The molecule has 4 N–H and O–H groups in total. The van der Waals surface area contributed by atoms with Crippen LogP contribution in [0, 0.1) is 6.92 Å². The number of hydrazine groups is 1. The fraction of sp³-hybridized carbons (Fsp3) is 0.667. The van der Waals surface area contributed by atoms with Crippen LogP contribution in [0.25, 0.3) is 0 Å². The minimum Gasteiger partial charge on any atom is -0.370 e. The van der Waals surface area contributed by atoms with E-state index in [0.29, 0.717) is 5.92 Å². The molecule has 5 nitrogen and oxygen atoms in total. The lowest BCUT2D eigenvalue weighted by atomic mass is 10.2. The molecule has 0 spiro atoms. The largest absolute Gasteiger partial charge is 0.370 e. The van der Waals surface area contributed by atoms with Crippen LogP contribution < -0.4 is 16.6 Å². The van der Waals surface area contributed by atoms with Gasteiger partial charge in [0.15, 0.2) is 0 Å². The first-order chi connectivity index (χ1) is 8.76. The summed E-state index contributed by atoms with van der Waals surface area (Å²) in [5, 5.41) is 3.39. The molecule has 1 aromatic rings. The number of nitrogens with one attached hydrogen (secondary N) is 2. The van der Waals surface area contributed by atoms with Gasteiger partial charge in [0.1, 0.15) is 17.5 Å². The minimum atomic E-state index is 0.532. The maximum absolute atomic E-state index is 5.51. The Balaban J connectivity index is 2.08. The summed E-state index contributed by atoms with van der Waals surface area (Å²) in [5.74, 6) is 9.78. The van der Waals surface area contributed by atoms with Crippen molar-refractivity contribution in [3.05, 3.63) is 11.4 Å². The molecule has 0 aliphatic heterocycles. The quantitative estimate of drug-likeness (QED) is 0.399. The molecule has 1 aliphatic rings. The Labute approximate surface area is 112 Å². The van der Waals surface area contributed by atoms with Crippen molar-refractivity contribution in [1.82, 2.24) is 9.97 Å². The summed E-state index contributed by atoms with van der Waals surface area (Å²) in [5.41, 5.74) is 3.66. The second-order valence-corrected chi connectivity index (χ2v) is 5.58. The van der Waals surface area contributed by atoms with Gasteiger partial charge < -0.3 is 10.7 Å². The molecule has 0 saturated heterocycles. The van der Waals surface area contributed by atoms with Gasteiger partial charge >= 0.3 is 0 Å². The second kappa shape index (κ2) is 6.24. The van der Waals surface area contributed by atoms with Crippen molar-refractivity contribution in [1.29, 1.82) is 0 Å². The summed E-state index contributed by atoms with van der Waals surface area (Å²) in [7, 11) is 0. The third-order valence-corrected chi connectivity index (χ3v) is 3.76. The molecular weight excluding hydrogens is 246 g/mol. The zero-order valence-electron chi connectivity index (χ0n) is 11.0. The lowest BCUT2D eigenvalue weighted by Gasteiger charge is -2.13. The topological polar surface area (TPSA) is 75.9 Å². The number of hydrogen-bond acceptors (Lipinski definition) is 6. The zero-order valence-corrected chi connectivity index (χ0v) is 11.8. The fourth-order valence-corrected chi connectivity index (χ4v) is 2.23. The van der Waals surface area contributed by atoms with Gasteiger partial charge in [-0.3, -0.25) is 0 Å². The Morgan fingerprint density at radius 1 is 1.33 bits per heavy atom. The number of hydrogen-bond donors (Lipinski definition) is 3. The van der Waals surface area contributed by atoms with E-state index in [4.69, 9.17) is 5.84 Å². The van der Waals surface area contributed by atoms with Crippen molar-refractivity contribution in [2.45, 2.75) is 32.1 Å². The van der Waals surface area contributed by atoms with E-state index in [9.17, 15) is 0 Å². The molecule has 1 aliphatic carbocycles. The normalized spacial score (nSPS) is 14.6. The first kappa shape index (κ1) is 13.4. The van der Waals surface area contributed by atoms with Gasteiger partial charge in [-0.15, -0.1) is 0 Å². The lowest BCUT2D eigenvalue weighted by molar-refractivity contribution is 0.901.